The van der Waals surface area contributed by atoms with Crippen molar-refractivity contribution in [3.05, 3.63) is 95.2 Å². The average molecular weight is 519 g/mol. The Morgan fingerprint density at radius 3 is 2.18 bits per heavy atom. The molecule has 3 rings (SSSR count). The molecule has 8 nitrogen and oxygen atoms in total. The molecule has 0 unspecified atom stereocenters. The van der Waals surface area contributed by atoms with E-state index in [-0.39, 0.29) is 17.5 Å². The molecular weight excluding hydrogens is 484 g/mol. The van der Waals surface area contributed by atoms with Crippen LogP contribution in [0.1, 0.15) is 27.9 Å². The van der Waals surface area contributed by atoms with E-state index >= 15 is 0 Å². The zero-order valence-electron chi connectivity index (χ0n) is 22.0. The van der Waals surface area contributed by atoms with Gasteiger partial charge in [0.2, 0.25) is 0 Å². The van der Waals surface area contributed by atoms with E-state index in [4.69, 9.17) is 18.9 Å². The fourth-order valence-electron chi connectivity index (χ4n) is 3.45. The second kappa shape index (κ2) is 15.1. The van der Waals surface area contributed by atoms with Crippen LogP contribution in [0.2, 0.25) is 0 Å². The number of rotatable bonds is 14. The summed E-state index contributed by atoms with van der Waals surface area (Å²) in [6.07, 6.45) is 2.29. The molecule has 0 fully saturated rings. The van der Waals surface area contributed by atoms with E-state index < -0.39 is 0 Å². The van der Waals surface area contributed by atoms with E-state index in [0.717, 1.165) is 11.1 Å². The Morgan fingerprint density at radius 1 is 0.816 bits per heavy atom. The van der Waals surface area contributed by atoms with Crippen molar-refractivity contribution < 1.29 is 28.5 Å². The van der Waals surface area contributed by atoms with E-state index in [1.54, 1.807) is 44.6 Å². The summed E-state index contributed by atoms with van der Waals surface area (Å²) in [5, 5.41) is 5.57. The molecule has 0 aliphatic rings. The molecule has 0 bridgehead atoms. The zero-order chi connectivity index (χ0) is 27.2. The van der Waals surface area contributed by atoms with Crippen LogP contribution in [0.25, 0.3) is 6.08 Å². The highest BCUT2D eigenvalue weighted by molar-refractivity contribution is 6.05. The minimum Gasteiger partial charge on any atom is -0.493 e. The average Bonchev–Trinajstić information content (AvgIpc) is 2.94. The van der Waals surface area contributed by atoms with Gasteiger partial charge in [0.15, 0.2) is 11.5 Å². The fraction of sp³-hybridized carbons (Fsp3) is 0.267. The highest BCUT2D eigenvalue weighted by atomic mass is 16.5. The predicted molar refractivity (Wildman–Crippen MR) is 147 cm³/mol. The number of para-hydroxylation sites is 2. The smallest absolute Gasteiger partial charge is 0.267 e. The first kappa shape index (κ1) is 28.3. The topological polar surface area (TPSA) is 95.1 Å². The number of hydrogen-bond donors (Lipinski definition) is 2. The van der Waals surface area contributed by atoms with Crippen molar-refractivity contribution in [2.24, 2.45) is 0 Å². The predicted octanol–water partition coefficient (Wildman–Crippen LogP) is 4.39. The van der Waals surface area contributed by atoms with Gasteiger partial charge >= 0.3 is 0 Å². The molecule has 0 aliphatic carbocycles. The van der Waals surface area contributed by atoms with Crippen LogP contribution >= 0.6 is 0 Å². The van der Waals surface area contributed by atoms with Crippen molar-refractivity contribution in [3.8, 4) is 17.2 Å². The van der Waals surface area contributed by atoms with Crippen LogP contribution in [0.3, 0.4) is 0 Å². The second-order valence-corrected chi connectivity index (χ2v) is 8.40. The summed E-state index contributed by atoms with van der Waals surface area (Å²) in [5.41, 5.74) is 2.38. The fourth-order valence-corrected chi connectivity index (χ4v) is 3.45. The van der Waals surface area contributed by atoms with Gasteiger partial charge in [-0.25, -0.2) is 0 Å². The Balaban J connectivity index is 1.62. The second-order valence-electron chi connectivity index (χ2n) is 8.40. The number of hydrogen-bond acceptors (Lipinski definition) is 6. The largest absolute Gasteiger partial charge is 0.493 e. The van der Waals surface area contributed by atoms with Crippen LogP contribution < -0.4 is 24.8 Å². The highest BCUT2D eigenvalue weighted by Crippen LogP contribution is 2.25. The van der Waals surface area contributed by atoms with Crippen LogP contribution in [0.4, 0.5) is 0 Å². The molecule has 2 amide bonds. The molecule has 0 aromatic heterocycles. The molecule has 8 heteroatoms. The Hall–Kier alpha value is -4.30. The summed E-state index contributed by atoms with van der Waals surface area (Å²) < 4.78 is 21.8. The minimum atomic E-state index is -0.379. The number of carbonyl (C=O) groups is 2. The van der Waals surface area contributed by atoms with Gasteiger partial charge in [-0.3, -0.25) is 9.59 Å². The maximum absolute atomic E-state index is 12.9. The van der Waals surface area contributed by atoms with E-state index in [1.807, 2.05) is 55.5 Å². The Bertz CT molecular complexity index is 1210. The molecular formula is C30H34N2O6. The minimum absolute atomic E-state index is 0.145. The monoisotopic (exact) mass is 518 g/mol. The van der Waals surface area contributed by atoms with Crippen molar-refractivity contribution in [1.82, 2.24) is 10.6 Å². The molecule has 0 radical (unpaired) electrons. The van der Waals surface area contributed by atoms with Crippen molar-refractivity contribution >= 4 is 17.9 Å². The molecule has 0 saturated carbocycles. The zero-order valence-corrected chi connectivity index (χ0v) is 22.0. The highest BCUT2D eigenvalue weighted by Gasteiger charge is 2.14. The molecule has 2 N–H and O–H groups in total. The third kappa shape index (κ3) is 8.97. The lowest BCUT2D eigenvalue weighted by molar-refractivity contribution is -0.117. The number of methoxy groups -OCH3 is 2. The summed E-state index contributed by atoms with van der Waals surface area (Å²) in [5.74, 6) is 1.23. The van der Waals surface area contributed by atoms with Gasteiger partial charge in [-0.15, -0.1) is 0 Å². The normalized spacial score (nSPS) is 11.0. The third-order valence-corrected chi connectivity index (χ3v) is 5.49. The molecule has 38 heavy (non-hydrogen) atoms. The maximum Gasteiger partial charge on any atom is 0.267 e. The van der Waals surface area contributed by atoms with Crippen molar-refractivity contribution in [1.29, 1.82) is 0 Å². The van der Waals surface area contributed by atoms with E-state index in [0.29, 0.717) is 55.6 Å². The van der Waals surface area contributed by atoms with Crippen molar-refractivity contribution in [2.75, 3.05) is 40.6 Å². The standard InChI is InChI=1S/C30H34N2O6/c1-22-9-13-24(14-10-22)29(33)32-26(30(34)31-17-6-18-35-2)21-23-11-15-25(16-12-23)37-19-20-38-28-8-5-4-7-27(28)36-3/h4-5,7-16,21H,6,17-20H2,1-3H3,(H,31,34)(H,32,33)/b26-21-. The Morgan fingerprint density at radius 2 is 1.50 bits per heavy atom. The summed E-state index contributed by atoms with van der Waals surface area (Å²) in [6.45, 7) is 3.59. The third-order valence-electron chi connectivity index (χ3n) is 5.49. The molecule has 0 spiro atoms. The van der Waals surface area contributed by atoms with Crippen LogP contribution in [0.15, 0.2) is 78.5 Å². The molecule has 0 saturated heterocycles. The lowest BCUT2D eigenvalue weighted by Crippen LogP contribution is -2.35. The number of carbonyl (C=O) groups excluding carboxylic acids is 2. The SMILES string of the molecule is COCCCNC(=O)/C(=C/c1ccc(OCCOc2ccccc2OC)cc1)NC(=O)c1ccc(C)cc1. The first-order chi connectivity index (χ1) is 18.5. The van der Waals surface area contributed by atoms with Gasteiger partial charge in [0, 0.05) is 25.8 Å². The van der Waals surface area contributed by atoms with Gasteiger partial charge in [0.05, 0.1) is 7.11 Å². The molecule has 0 aliphatic heterocycles. The lowest BCUT2D eigenvalue weighted by atomic mass is 10.1. The van der Waals surface area contributed by atoms with Gasteiger partial charge < -0.3 is 29.6 Å². The number of benzene rings is 3. The van der Waals surface area contributed by atoms with Crippen LogP contribution in [0, 0.1) is 6.92 Å². The van der Waals surface area contributed by atoms with Gasteiger partial charge in [-0.1, -0.05) is 42.0 Å². The van der Waals surface area contributed by atoms with Crippen LogP contribution in [0.5, 0.6) is 17.2 Å². The Labute approximate surface area is 223 Å². The molecule has 200 valence electrons. The lowest BCUT2D eigenvalue weighted by Gasteiger charge is -2.12. The van der Waals surface area contributed by atoms with Gasteiger partial charge in [0.1, 0.15) is 24.7 Å². The summed E-state index contributed by atoms with van der Waals surface area (Å²) in [4.78, 5) is 25.6. The van der Waals surface area contributed by atoms with Gasteiger partial charge in [0.25, 0.3) is 11.8 Å². The van der Waals surface area contributed by atoms with E-state index in [9.17, 15) is 9.59 Å². The van der Waals surface area contributed by atoms with Gasteiger partial charge in [-0.05, 0) is 61.4 Å². The van der Waals surface area contributed by atoms with E-state index in [1.165, 1.54) is 0 Å². The summed E-state index contributed by atoms with van der Waals surface area (Å²) in [6, 6.07) is 21.8. The van der Waals surface area contributed by atoms with Crippen LogP contribution in [-0.2, 0) is 9.53 Å². The number of aryl methyl sites for hydroxylation is 1. The van der Waals surface area contributed by atoms with Crippen molar-refractivity contribution in [3.63, 3.8) is 0 Å². The maximum atomic E-state index is 12.9. The molecule has 0 heterocycles. The first-order valence-electron chi connectivity index (χ1n) is 12.4. The van der Waals surface area contributed by atoms with E-state index in [2.05, 4.69) is 10.6 Å². The molecule has 3 aromatic carbocycles. The number of nitrogens with one attached hydrogen (secondary N) is 2. The number of amides is 2. The Kier molecular flexibility index (Phi) is 11.2. The summed E-state index contributed by atoms with van der Waals surface area (Å²) in [7, 11) is 3.20. The van der Waals surface area contributed by atoms with Gasteiger partial charge in [-0.2, -0.15) is 0 Å². The first-order valence-corrected chi connectivity index (χ1v) is 12.4. The molecule has 3 aromatic rings. The van der Waals surface area contributed by atoms with Crippen molar-refractivity contribution in [2.45, 2.75) is 13.3 Å². The quantitative estimate of drug-likeness (QED) is 0.243. The number of ether oxygens (including phenoxy) is 4. The summed E-state index contributed by atoms with van der Waals surface area (Å²) >= 11 is 0. The molecule has 0 atom stereocenters. The van der Waals surface area contributed by atoms with Crippen LogP contribution in [-0.4, -0.2) is 52.4 Å².